The number of rotatable bonds is 3. The van der Waals surface area contributed by atoms with E-state index in [-0.39, 0.29) is 23.4 Å². The molecule has 6 heteroatoms. The minimum absolute atomic E-state index is 0.149. The van der Waals surface area contributed by atoms with E-state index in [4.69, 9.17) is 10.5 Å². The fourth-order valence-electron chi connectivity index (χ4n) is 3.44. The molecular weight excluding hydrogens is 264 g/mol. The van der Waals surface area contributed by atoms with Crippen LogP contribution in [0.3, 0.4) is 0 Å². The van der Waals surface area contributed by atoms with Gasteiger partial charge in [-0.15, -0.1) is 0 Å². The molecule has 0 aromatic carbocycles. The van der Waals surface area contributed by atoms with Crippen molar-refractivity contribution in [3.05, 3.63) is 0 Å². The second kappa shape index (κ2) is 5.68. The lowest BCUT2D eigenvalue weighted by Gasteiger charge is -2.52. The average Bonchev–Trinajstić information content (AvgIpc) is 2.37. The summed E-state index contributed by atoms with van der Waals surface area (Å²) in [7, 11) is -2.96. The Balaban J connectivity index is 2.27. The van der Waals surface area contributed by atoms with E-state index in [1.165, 1.54) is 0 Å². The molecule has 0 radical (unpaired) electrons. The summed E-state index contributed by atoms with van der Waals surface area (Å²) in [6.45, 7) is 6.04. The number of nitrogens with zero attached hydrogens (tertiary/aromatic N) is 1. The lowest BCUT2D eigenvalue weighted by atomic mass is 9.89. The summed E-state index contributed by atoms with van der Waals surface area (Å²) in [6, 6.07) is 0.285. The van der Waals surface area contributed by atoms with Gasteiger partial charge in [-0.05, 0) is 26.2 Å². The molecule has 0 saturated carbocycles. The molecule has 5 nitrogen and oxygen atoms in total. The second-order valence-electron chi connectivity index (χ2n) is 5.98. The molecule has 2 rings (SSSR count). The van der Waals surface area contributed by atoms with Crippen molar-refractivity contribution >= 4 is 9.84 Å². The van der Waals surface area contributed by atoms with Gasteiger partial charge in [-0.2, -0.15) is 0 Å². The molecular formula is C13H26N2O3S. The molecule has 2 fully saturated rings. The Kier molecular flexibility index (Phi) is 4.55. The average molecular weight is 290 g/mol. The molecule has 2 aliphatic heterocycles. The number of nitrogens with two attached hydrogens (primary N) is 1. The SMILES string of the molecule is CCC1COC(C)CN1C1(CN)CCCS(=O)(=O)C1. The summed E-state index contributed by atoms with van der Waals surface area (Å²) < 4.78 is 29.8. The summed E-state index contributed by atoms with van der Waals surface area (Å²) in [6.07, 6.45) is 2.72. The van der Waals surface area contributed by atoms with Crippen LogP contribution in [-0.4, -0.2) is 62.2 Å². The third-order valence-electron chi connectivity index (χ3n) is 4.51. The highest BCUT2D eigenvalue weighted by atomic mass is 32.2. The molecule has 0 aliphatic carbocycles. The summed E-state index contributed by atoms with van der Waals surface area (Å²) in [5.74, 6) is 0.519. The van der Waals surface area contributed by atoms with Crippen molar-refractivity contribution < 1.29 is 13.2 Å². The number of morpholine rings is 1. The van der Waals surface area contributed by atoms with Crippen molar-refractivity contribution in [2.24, 2.45) is 5.73 Å². The van der Waals surface area contributed by atoms with Crippen molar-refractivity contribution in [1.82, 2.24) is 4.90 Å². The first-order valence-corrected chi connectivity index (χ1v) is 9.03. The molecule has 0 amide bonds. The highest BCUT2D eigenvalue weighted by Gasteiger charge is 2.46. The number of hydrogen-bond donors (Lipinski definition) is 1. The molecule has 0 aromatic heterocycles. The van der Waals surface area contributed by atoms with E-state index in [0.29, 0.717) is 18.9 Å². The van der Waals surface area contributed by atoms with E-state index in [1.54, 1.807) is 0 Å². The zero-order valence-corrected chi connectivity index (χ0v) is 12.8. The van der Waals surface area contributed by atoms with Crippen LogP contribution in [0.2, 0.25) is 0 Å². The largest absolute Gasteiger partial charge is 0.376 e. The van der Waals surface area contributed by atoms with Crippen LogP contribution in [0.1, 0.15) is 33.1 Å². The van der Waals surface area contributed by atoms with E-state index < -0.39 is 9.84 Å². The van der Waals surface area contributed by atoms with Crippen LogP contribution in [0, 0.1) is 0 Å². The zero-order chi connectivity index (χ0) is 14.1. The normalized spacial score (nSPS) is 40.2. The predicted octanol–water partition coefficient (Wildman–Crippen LogP) is 0.392. The highest BCUT2D eigenvalue weighted by Crippen LogP contribution is 2.33. The minimum Gasteiger partial charge on any atom is -0.376 e. The Morgan fingerprint density at radius 3 is 2.79 bits per heavy atom. The molecule has 3 unspecified atom stereocenters. The standard InChI is InChI=1S/C13H26N2O3S/c1-3-12-8-18-11(2)7-15(12)13(9-14)5-4-6-19(16,17)10-13/h11-12H,3-10,14H2,1-2H3. The summed E-state index contributed by atoms with van der Waals surface area (Å²) in [5, 5.41) is 0. The number of sulfone groups is 1. The van der Waals surface area contributed by atoms with Crippen molar-refractivity contribution in [2.45, 2.75) is 50.8 Å². The van der Waals surface area contributed by atoms with Crippen LogP contribution in [0.25, 0.3) is 0 Å². The van der Waals surface area contributed by atoms with E-state index in [2.05, 4.69) is 11.8 Å². The first-order valence-electron chi connectivity index (χ1n) is 7.21. The Morgan fingerprint density at radius 2 is 2.21 bits per heavy atom. The second-order valence-corrected chi connectivity index (χ2v) is 8.17. The summed E-state index contributed by atoms with van der Waals surface area (Å²) in [5.41, 5.74) is 5.63. The molecule has 0 spiro atoms. The quantitative estimate of drug-likeness (QED) is 0.814. The van der Waals surface area contributed by atoms with Crippen LogP contribution < -0.4 is 5.73 Å². The lowest BCUT2D eigenvalue weighted by molar-refractivity contribution is -0.0962. The number of hydrogen-bond acceptors (Lipinski definition) is 5. The van der Waals surface area contributed by atoms with Crippen molar-refractivity contribution in [3.8, 4) is 0 Å². The molecule has 3 atom stereocenters. The van der Waals surface area contributed by atoms with Crippen LogP contribution >= 0.6 is 0 Å². The Bertz CT molecular complexity index is 412. The first kappa shape index (κ1) is 15.2. The maximum absolute atomic E-state index is 12.0. The van der Waals surface area contributed by atoms with E-state index in [0.717, 1.165) is 25.8 Å². The van der Waals surface area contributed by atoms with Gasteiger partial charge in [0, 0.05) is 24.7 Å². The third-order valence-corrected chi connectivity index (χ3v) is 6.40. The predicted molar refractivity (Wildman–Crippen MR) is 75.9 cm³/mol. The summed E-state index contributed by atoms with van der Waals surface area (Å²) in [4.78, 5) is 2.33. The molecule has 2 saturated heterocycles. The van der Waals surface area contributed by atoms with Gasteiger partial charge in [-0.1, -0.05) is 6.92 Å². The van der Waals surface area contributed by atoms with Crippen LogP contribution in [0.15, 0.2) is 0 Å². The fraction of sp³-hybridized carbons (Fsp3) is 1.00. The molecule has 19 heavy (non-hydrogen) atoms. The van der Waals surface area contributed by atoms with Gasteiger partial charge in [0.1, 0.15) is 0 Å². The van der Waals surface area contributed by atoms with Gasteiger partial charge in [0.05, 0.1) is 24.2 Å². The van der Waals surface area contributed by atoms with Gasteiger partial charge in [0.15, 0.2) is 9.84 Å². The Morgan fingerprint density at radius 1 is 1.47 bits per heavy atom. The third kappa shape index (κ3) is 3.12. The van der Waals surface area contributed by atoms with Gasteiger partial charge in [-0.25, -0.2) is 8.42 Å². The molecule has 112 valence electrons. The Labute approximate surface area is 116 Å². The monoisotopic (exact) mass is 290 g/mol. The number of ether oxygens (including phenoxy) is 1. The van der Waals surface area contributed by atoms with Crippen molar-refractivity contribution in [2.75, 3.05) is 31.2 Å². The Hall–Kier alpha value is -0.170. The van der Waals surface area contributed by atoms with Crippen molar-refractivity contribution in [1.29, 1.82) is 0 Å². The maximum atomic E-state index is 12.0. The molecule has 2 heterocycles. The summed E-state index contributed by atoms with van der Waals surface area (Å²) >= 11 is 0. The fourth-order valence-corrected chi connectivity index (χ4v) is 5.42. The van der Waals surface area contributed by atoms with Gasteiger partial charge in [-0.3, -0.25) is 4.90 Å². The van der Waals surface area contributed by atoms with Gasteiger partial charge >= 0.3 is 0 Å². The van der Waals surface area contributed by atoms with E-state index >= 15 is 0 Å². The van der Waals surface area contributed by atoms with Gasteiger partial charge in [0.25, 0.3) is 0 Å². The first-order chi connectivity index (χ1) is 8.92. The van der Waals surface area contributed by atoms with Gasteiger partial charge < -0.3 is 10.5 Å². The molecule has 0 bridgehead atoms. The van der Waals surface area contributed by atoms with Crippen LogP contribution in [0.4, 0.5) is 0 Å². The maximum Gasteiger partial charge on any atom is 0.152 e. The molecule has 2 aliphatic rings. The van der Waals surface area contributed by atoms with E-state index in [1.807, 2.05) is 6.92 Å². The van der Waals surface area contributed by atoms with E-state index in [9.17, 15) is 8.42 Å². The van der Waals surface area contributed by atoms with Crippen LogP contribution in [-0.2, 0) is 14.6 Å². The molecule has 0 aromatic rings. The zero-order valence-electron chi connectivity index (χ0n) is 12.0. The minimum atomic E-state index is -2.96. The smallest absolute Gasteiger partial charge is 0.152 e. The highest BCUT2D eigenvalue weighted by molar-refractivity contribution is 7.91. The lowest BCUT2D eigenvalue weighted by Crippen LogP contribution is -2.66. The van der Waals surface area contributed by atoms with Gasteiger partial charge in [0.2, 0.25) is 0 Å². The molecule has 2 N–H and O–H groups in total. The van der Waals surface area contributed by atoms with Crippen LogP contribution in [0.5, 0.6) is 0 Å². The topological polar surface area (TPSA) is 72.6 Å². The van der Waals surface area contributed by atoms with Crippen molar-refractivity contribution in [3.63, 3.8) is 0 Å².